The van der Waals surface area contributed by atoms with Crippen LogP contribution in [-0.2, 0) is 41.3 Å². The van der Waals surface area contributed by atoms with Gasteiger partial charge in [-0.25, -0.2) is 0 Å². The molecule has 2 fully saturated rings. The van der Waals surface area contributed by atoms with Crippen molar-refractivity contribution in [2.45, 2.75) is 25.0 Å². The average Bonchev–Trinajstić information content (AvgIpc) is 3.99. The predicted molar refractivity (Wildman–Crippen MR) is 169 cm³/mol. The molecule has 0 saturated carbocycles. The minimum atomic E-state index is 0.289. The molecule has 2 aliphatic heterocycles. The van der Waals surface area contributed by atoms with Crippen molar-refractivity contribution in [3.8, 4) is 11.5 Å². The normalized spacial score (nSPS) is 17.3. The number of rotatable bonds is 21. The van der Waals surface area contributed by atoms with Crippen molar-refractivity contribution in [3.05, 3.63) is 83.9 Å². The van der Waals surface area contributed by atoms with Gasteiger partial charge in [0.05, 0.1) is 66.1 Å². The fraction of sp³-hybridized carbons (Fsp3) is 0.444. The molecule has 4 aromatic rings. The molecule has 0 aliphatic carbocycles. The van der Waals surface area contributed by atoms with Gasteiger partial charge in [-0.3, -0.25) is 0 Å². The molecule has 0 amide bonds. The second kappa shape index (κ2) is 16.2. The number of hydrogen-bond donors (Lipinski definition) is 0. The average molecular weight is 603 g/mol. The van der Waals surface area contributed by atoms with Crippen LogP contribution in [0, 0.1) is 0 Å². The van der Waals surface area contributed by atoms with Crippen LogP contribution in [-0.4, -0.2) is 91.5 Å². The first-order chi connectivity index (χ1) is 21.8. The molecule has 0 radical (unpaired) electrons. The van der Waals surface area contributed by atoms with Crippen LogP contribution in [0.2, 0.25) is 0 Å². The van der Waals surface area contributed by atoms with Crippen molar-refractivity contribution < 1.29 is 37.9 Å². The fourth-order valence-electron chi connectivity index (χ4n) is 4.93. The smallest absolute Gasteiger partial charge is 0.120 e. The highest BCUT2D eigenvalue weighted by molar-refractivity contribution is 5.85. The topological polar surface area (TPSA) is 80.4 Å². The maximum atomic E-state index is 5.84. The Morgan fingerprint density at radius 2 is 0.864 bits per heavy atom. The maximum Gasteiger partial charge on any atom is 0.120 e. The van der Waals surface area contributed by atoms with E-state index in [-0.39, 0.29) is 12.2 Å². The molecular formula is C36H42O8. The van der Waals surface area contributed by atoms with Crippen LogP contribution in [0.4, 0.5) is 0 Å². The largest absolute Gasteiger partial charge is 0.491 e. The lowest BCUT2D eigenvalue weighted by molar-refractivity contribution is 0.0501. The second-order valence-electron chi connectivity index (χ2n) is 11.2. The molecule has 0 spiro atoms. The Labute approximate surface area is 259 Å². The summed E-state index contributed by atoms with van der Waals surface area (Å²) in [4.78, 5) is 0. The van der Waals surface area contributed by atoms with E-state index in [0.717, 1.165) is 48.3 Å². The van der Waals surface area contributed by atoms with Crippen molar-refractivity contribution in [2.75, 3.05) is 79.3 Å². The molecule has 0 aromatic heterocycles. The molecule has 8 nitrogen and oxygen atoms in total. The Balaban J connectivity index is 0.822. The lowest BCUT2D eigenvalue weighted by atomic mass is 10.1. The fourth-order valence-corrected chi connectivity index (χ4v) is 4.93. The van der Waals surface area contributed by atoms with Crippen molar-refractivity contribution >= 4 is 21.5 Å². The highest BCUT2D eigenvalue weighted by atomic mass is 16.6. The van der Waals surface area contributed by atoms with E-state index >= 15 is 0 Å². The molecule has 8 heteroatoms. The van der Waals surface area contributed by atoms with Gasteiger partial charge in [0.15, 0.2) is 0 Å². The minimum absolute atomic E-state index is 0.289. The van der Waals surface area contributed by atoms with E-state index in [1.54, 1.807) is 0 Å². The van der Waals surface area contributed by atoms with Crippen LogP contribution >= 0.6 is 0 Å². The third-order valence-electron chi connectivity index (χ3n) is 7.60. The van der Waals surface area contributed by atoms with Gasteiger partial charge in [0, 0.05) is 0 Å². The van der Waals surface area contributed by atoms with Gasteiger partial charge in [0.2, 0.25) is 0 Å². The summed E-state index contributed by atoms with van der Waals surface area (Å²) in [6.07, 6.45) is 2.31. The van der Waals surface area contributed by atoms with Gasteiger partial charge >= 0.3 is 0 Å². The lowest BCUT2D eigenvalue weighted by Gasteiger charge is -2.10. The summed E-state index contributed by atoms with van der Waals surface area (Å²) in [7, 11) is 0. The molecule has 2 saturated heterocycles. The monoisotopic (exact) mass is 602 g/mol. The van der Waals surface area contributed by atoms with Gasteiger partial charge in [0.25, 0.3) is 0 Å². The summed E-state index contributed by atoms with van der Waals surface area (Å²) in [5.41, 5.74) is 2.51. The lowest BCUT2D eigenvalue weighted by Crippen LogP contribution is -2.10. The van der Waals surface area contributed by atoms with E-state index < -0.39 is 0 Å². The quantitative estimate of drug-likeness (QED) is 0.0927. The third kappa shape index (κ3) is 10.2. The van der Waals surface area contributed by atoms with Crippen LogP contribution in [0.5, 0.6) is 11.5 Å². The molecule has 0 N–H and O–H groups in total. The molecule has 0 bridgehead atoms. The van der Waals surface area contributed by atoms with Gasteiger partial charge in [-0.1, -0.05) is 48.5 Å². The molecule has 234 valence electrons. The Morgan fingerprint density at radius 3 is 1.32 bits per heavy atom. The number of epoxide rings is 2. The zero-order chi connectivity index (χ0) is 29.8. The Bertz CT molecular complexity index is 1350. The summed E-state index contributed by atoms with van der Waals surface area (Å²) in [6.45, 7) is 7.65. The van der Waals surface area contributed by atoms with Crippen molar-refractivity contribution in [1.29, 1.82) is 0 Å². The van der Waals surface area contributed by atoms with Crippen LogP contribution in [0.3, 0.4) is 0 Å². The Kier molecular flexibility index (Phi) is 11.3. The first-order valence-corrected chi connectivity index (χ1v) is 15.6. The van der Waals surface area contributed by atoms with Gasteiger partial charge in [0.1, 0.15) is 36.9 Å². The van der Waals surface area contributed by atoms with Crippen molar-refractivity contribution in [3.63, 3.8) is 0 Å². The van der Waals surface area contributed by atoms with Gasteiger partial charge in [-0.05, 0) is 69.8 Å². The predicted octanol–water partition coefficient (Wildman–Crippen LogP) is 5.40. The van der Waals surface area contributed by atoms with E-state index in [2.05, 4.69) is 60.7 Å². The highest BCUT2D eigenvalue weighted by Crippen LogP contribution is 2.24. The maximum absolute atomic E-state index is 5.84. The third-order valence-corrected chi connectivity index (χ3v) is 7.60. The Hall–Kier alpha value is -3.24. The second-order valence-corrected chi connectivity index (χ2v) is 11.2. The molecule has 6 rings (SSSR count). The molecule has 4 aromatic carbocycles. The molecule has 2 unspecified atom stereocenters. The van der Waals surface area contributed by atoms with Crippen LogP contribution < -0.4 is 9.47 Å². The summed E-state index contributed by atoms with van der Waals surface area (Å²) < 4.78 is 44.7. The van der Waals surface area contributed by atoms with E-state index in [0.29, 0.717) is 66.1 Å². The highest BCUT2D eigenvalue weighted by Gasteiger charge is 2.22. The SMILES string of the molecule is c1cc2cc(OCCOCC3CO3)ccc2cc1CCOCCOCCc1ccc2cc(OCCOCC3CO3)ccc2c1. The van der Waals surface area contributed by atoms with Crippen LogP contribution in [0.25, 0.3) is 21.5 Å². The number of benzene rings is 4. The zero-order valence-electron chi connectivity index (χ0n) is 25.2. The zero-order valence-corrected chi connectivity index (χ0v) is 25.2. The van der Waals surface area contributed by atoms with Crippen molar-refractivity contribution in [1.82, 2.24) is 0 Å². The summed E-state index contributed by atoms with van der Waals surface area (Å²) >= 11 is 0. The van der Waals surface area contributed by atoms with Gasteiger partial charge < -0.3 is 37.9 Å². The summed E-state index contributed by atoms with van der Waals surface area (Å²) in [6, 6.07) is 25.4. The van der Waals surface area contributed by atoms with E-state index in [1.165, 1.54) is 21.9 Å². The number of hydrogen-bond acceptors (Lipinski definition) is 8. The Morgan fingerprint density at radius 1 is 0.455 bits per heavy atom. The summed E-state index contributed by atoms with van der Waals surface area (Å²) in [5, 5.41) is 4.72. The number of ether oxygens (including phenoxy) is 8. The minimum Gasteiger partial charge on any atom is -0.491 e. The molecule has 2 aliphatic rings. The molecule has 2 heterocycles. The van der Waals surface area contributed by atoms with E-state index in [1.807, 2.05) is 12.1 Å². The van der Waals surface area contributed by atoms with E-state index in [4.69, 9.17) is 37.9 Å². The molecular weight excluding hydrogens is 560 g/mol. The van der Waals surface area contributed by atoms with Crippen molar-refractivity contribution in [2.24, 2.45) is 0 Å². The molecule has 2 atom stereocenters. The van der Waals surface area contributed by atoms with E-state index in [9.17, 15) is 0 Å². The van der Waals surface area contributed by atoms with Gasteiger partial charge in [-0.15, -0.1) is 0 Å². The van der Waals surface area contributed by atoms with Crippen LogP contribution in [0.15, 0.2) is 72.8 Å². The summed E-state index contributed by atoms with van der Waals surface area (Å²) in [5.74, 6) is 1.72. The first kappa shape index (κ1) is 30.8. The van der Waals surface area contributed by atoms with Gasteiger partial charge in [-0.2, -0.15) is 0 Å². The number of fused-ring (bicyclic) bond motifs is 2. The molecule has 44 heavy (non-hydrogen) atoms. The first-order valence-electron chi connectivity index (χ1n) is 15.6. The van der Waals surface area contributed by atoms with Crippen LogP contribution in [0.1, 0.15) is 11.1 Å². The standard InChI is InChI=1S/C36H42O8/c1-3-31-21-33(41-17-15-39-23-35-25-43-35)7-5-29(31)19-27(1)9-11-37-13-14-38-12-10-28-2-4-32-22-34(8-6-30(32)20-28)42-18-16-40-24-36-26-44-36/h1-8,19-22,35-36H,9-18,23-26H2.